The van der Waals surface area contributed by atoms with Gasteiger partial charge in [-0.25, -0.2) is 0 Å². The van der Waals surface area contributed by atoms with Crippen LogP contribution >= 0.6 is 0 Å². The van der Waals surface area contributed by atoms with Crippen LogP contribution in [0.15, 0.2) is 18.2 Å². The Labute approximate surface area is 180 Å². The predicted molar refractivity (Wildman–Crippen MR) is 121 cm³/mol. The first kappa shape index (κ1) is 21.5. The summed E-state index contributed by atoms with van der Waals surface area (Å²) in [6.07, 6.45) is 3.72. The fourth-order valence-electron chi connectivity index (χ4n) is 5.30. The highest BCUT2D eigenvalue weighted by Gasteiger charge is 2.46. The maximum Gasteiger partial charge on any atom is 0.131 e. The maximum atomic E-state index is 10.2. The number of benzene rings is 2. The molecule has 0 saturated heterocycles. The maximum absolute atomic E-state index is 10.2. The Morgan fingerprint density at radius 1 is 0.900 bits per heavy atom. The highest BCUT2D eigenvalue weighted by molar-refractivity contribution is 5.97. The van der Waals surface area contributed by atoms with E-state index in [9.17, 15) is 10.2 Å². The minimum atomic E-state index is -0.461. The zero-order valence-corrected chi connectivity index (χ0v) is 18.8. The molecule has 0 spiro atoms. The Bertz CT molecular complexity index is 906. The lowest BCUT2D eigenvalue weighted by Crippen LogP contribution is -2.20. The highest BCUT2D eigenvalue weighted by atomic mass is 16.5. The minimum absolute atomic E-state index is 0.314. The molecule has 4 rings (SSSR count). The summed E-state index contributed by atoms with van der Waals surface area (Å²) in [6.45, 7) is 9.08. The quantitative estimate of drug-likeness (QED) is 0.586. The molecule has 2 aliphatic rings. The van der Waals surface area contributed by atoms with Crippen molar-refractivity contribution in [2.24, 2.45) is 5.92 Å². The molecule has 5 atom stereocenters. The van der Waals surface area contributed by atoms with E-state index in [1.807, 2.05) is 13.8 Å². The summed E-state index contributed by atoms with van der Waals surface area (Å²) >= 11 is 0. The molecule has 2 N–H and O–H groups in total. The molecule has 0 heterocycles. The summed E-state index contributed by atoms with van der Waals surface area (Å²) < 4.78 is 12.7. The number of fused-ring (bicyclic) bond motifs is 6. The average molecular weight is 413 g/mol. The van der Waals surface area contributed by atoms with Crippen molar-refractivity contribution in [3.05, 3.63) is 34.9 Å². The van der Waals surface area contributed by atoms with Crippen molar-refractivity contribution < 1.29 is 19.7 Å². The summed E-state index contributed by atoms with van der Waals surface area (Å²) in [6, 6.07) is 6.54. The van der Waals surface area contributed by atoms with Gasteiger partial charge in [-0.05, 0) is 61.5 Å². The lowest BCUT2D eigenvalue weighted by Gasteiger charge is -2.29. The average Bonchev–Trinajstić information content (AvgIpc) is 3.32. The largest absolute Gasteiger partial charge is 0.490 e. The molecular weight excluding hydrogens is 376 g/mol. The van der Waals surface area contributed by atoms with Gasteiger partial charge < -0.3 is 19.7 Å². The Hall–Kier alpha value is -1.78. The second-order valence-electron chi connectivity index (χ2n) is 9.22. The molecule has 2 bridgehead atoms. The van der Waals surface area contributed by atoms with E-state index in [0.29, 0.717) is 43.8 Å². The smallest absolute Gasteiger partial charge is 0.131 e. The number of ether oxygens (including phenoxy) is 2. The second-order valence-corrected chi connectivity index (χ2v) is 9.22. The van der Waals surface area contributed by atoms with E-state index in [4.69, 9.17) is 9.47 Å². The van der Waals surface area contributed by atoms with Crippen molar-refractivity contribution in [1.82, 2.24) is 0 Å². The molecule has 30 heavy (non-hydrogen) atoms. The predicted octanol–water partition coefficient (Wildman–Crippen LogP) is 5.31. The second kappa shape index (κ2) is 8.76. The summed E-state index contributed by atoms with van der Waals surface area (Å²) in [4.78, 5) is 0. The van der Waals surface area contributed by atoms with Crippen LogP contribution in [0.1, 0.15) is 81.9 Å². The number of rotatable bonds is 9. The van der Waals surface area contributed by atoms with Crippen LogP contribution in [0.25, 0.3) is 10.8 Å². The molecule has 164 valence electrons. The standard InChI is InChI=1S/C26H36O4/c1-5-16-8-9-20-22(11-16)26(30-14-19(28)7-3)23-17-10-15(4)21(12-17)24(23)25(20)29-13-18(27)6-2/h8-9,11,15,17-19,21,27-28H,5-7,10,12-14H2,1-4H3. The number of aryl methyl sites for hydroxylation is 1. The van der Waals surface area contributed by atoms with Gasteiger partial charge in [-0.2, -0.15) is 0 Å². The lowest BCUT2D eigenvalue weighted by atomic mass is 9.81. The fourth-order valence-corrected chi connectivity index (χ4v) is 5.30. The Balaban J connectivity index is 1.90. The summed E-state index contributed by atoms with van der Waals surface area (Å²) in [5.74, 6) is 3.49. The summed E-state index contributed by atoms with van der Waals surface area (Å²) in [7, 11) is 0. The van der Waals surface area contributed by atoms with E-state index < -0.39 is 12.2 Å². The van der Waals surface area contributed by atoms with Crippen LogP contribution < -0.4 is 9.47 Å². The van der Waals surface area contributed by atoms with Crippen molar-refractivity contribution in [1.29, 1.82) is 0 Å². The summed E-state index contributed by atoms with van der Waals surface area (Å²) in [5, 5.41) is 22.5. The van der Waals surface area contributed by atoms with Crippen molar-refractivity contribution in [2.75, 3.05) is 13.2 Å². The molecule has 0 amide bonds. The van der Waals surface area contributed by atoms with Crippen molar-refractivity contribution in [3.63, 3.8) is 0 Å². The van der Waals surface area contributed by atoms with Gasteiger partial charge in [0.25, 0.3) is 0 Å². The topological polar surface area (TPSA) is 58.9 Å². The Morgan fingerprint density at radius 3 is 2.13 bits per heavy atom. The van der Waals surface area contributed by atoms with Gasteiger partial charge in [0.05, 0.1) is 12.2 Å². The number of aliphatic hydroxyl groups is 2. The van der Waals surface area contributed by atoms with Crippen LogP contribution in [0.5, 0.6) is 11.5 Å². The normalized spacial score (nSPS) is 24.1. The molecule has 0 aliphatic heterocycles. The first-order valence-corrected chi connectivity index (χ1v) is 11.7. The van der Waals surface area contributed by atoms with Crippen molar-refractivity contribution >= 4 is 10.8 Å². The van der Waals surface area contributed by atoms with Crippen molar-refractivity contribution in [3.8, 4) is 11.5 Å². The molecule has 0 radical (unpaired) electrons. The monoisotopic (exact) mass is 412 g/mol. The molecule has 4 heteroatoms. The molecule has 5 unspecified atom stereocenters. The summed E-state index contributed by atoms with van der Waals surface area (Å²) in [5.41, 5.74) is 3.85. The third kappa shape index (κ3) is 3.69. The van der Waals surface area contributed by atoms with E-state index in [0.717, 1.165) is 35.1 Å². The van der Waals surface area contributed by atoms with Gasteiger partial charge in [0, 0.05) is 21.9 Å². The molecule has 0 aromatic heterocycles. The van der Waals surface area contributed by atoms with Crippen LogP contribution in [0.4, 0.5) is 0 Å². The minimum Gasteiger partial charge on any atom is -0.490 e. The number of hydrogen-bond acceptors (Lipinski definition) is 4. The Morgan fingerprint density at radius 2 is 1.53 bits per heavy atom. The van der Waals surface area contributed by atoms with E-state index in [1.165, 1.54) is 23.1 Å². The van der Waals surface area contributed by atoms with Crippen molar-refractivity contribution in [2.45, 2.75) is 83.8 Å². The van der Waals surface area contributed by atoms with E-state index >= 15 is 0 Å². The molecule has 2 aliphatic carbocycles. The zero-order chi connectivity index (χ0) is 21.4. The van der Waals surface area contributed by atoms with Crippen LogP contribution in [0.2, 0.25) is 0 Å². The zero-order valence-electron chi connectivity index (χ0n) is 18.8. The van der Waals surface area contributed by atoms with E-state index in [-0.39, 0.29) is 0 Å². The molecule has 2 aromatic rings. The number of aliphatic hydroxyl groups excluding tert-OH is 2. The van der Waals surface area contributed by atoms with Gasteiger partial charge in [-0.15, -0.1) is 0 Å². The molecule has 2 aromatic carbocycles. The lowest BCUT2D eigenvalue weighted by molar-refractivity contribution is 0.102. The first-order valence-electron chi connectivity index (χ1n) is 11.7. The van der Waals surface area contributed by atoms with Gasteiger partial charge in [-0.1, -0.05) is 39.8 Å². The van der Waals surface area contributed by atoms with Crippen LogP contribution in [0.3, 0.4) is 0 Å². The Kier molecular flexibility index (Phi) is 6.26. The molecule has 1 fully saturated rings. The van der Waals surface area contributed by atoms with Gasteiger partial charge in [-0.3, -0.25) is 0 Å². The van der Waals surface area contributed by atoms with Gasteiger partial charge in [0.2, 0.25) is 0 Å². The fraction of sp³-hybridized carbons (Fsp3) is 0.615. The van der Waals surface area contributed by atoms with Crippen LogP contribution in [-0.2, 0) is 6.42 Å². The SMILES string of the molecule is CCc1ccc2c(OCC(O)CC)c3c(c(OCC(O)CC)c2c1)C1CC(C)C3C1. The van der Waals surface area contributed by atoms with Crippen LogP contribution in [0, 0.1) is 5.92 Å². The van der Waals surface area contributed by atoms with E-state index in [2.05, 4.69) is 32.0 Å². The number of hydrogen-bond donors (Lipinski definition) is 2. The molecular formula is C26H36O4. The van der Waals surface area contributed by atoms with Crippen LogP contribution in [-0.4, -0.2) is 35.6 Å². The van der Waals surface area contributed by atoms with Gasteiger partial charge in [0.15, 0.2) is 0 Å². The van der Waals surface area contributed by atoms with Gasteiger partial charge >= 0.3 is 0 Å². The highest BCUT2D eigenvalue weighted by Crippen LogP contribution is 2.63. The molecule has 1 saturated carbocycles. The molecule has 4 nitrogen and oxygen atoms in total. The van der Waals surface area contributed by atoms with Gasteiger partial charge in [0.1, 0.15) is 24.7 Å². The third-order valence-corrected chi connectivity index (χ3v) is 7.20. The first-order chi connectivity index (χ1) is 14.5. The van der Waals surface area contributed by atoms with E-state index in [1.54, 1.807) is 0 Å². The third-order valence-electron chi connectivity index (χ3n) is 7.20.